The molecule has 0 unspecified atom stereocenters. The van der Waals surface area contributed by atoms with Gasteiger partial charge in [-0.15, -0.1) is 0 Å². The van der Waals surface area contributed by atoms with Gasteiger partial charge in [-0.25, -0.2) is 0 Å². The summed E-state index contributed by atoms with van der Waals surface area (Å²) in [5.74, 6) is 0.0460. The molecule has 154 valence electrons. The standard InChI is InChI=1S/C30H24N2/c1-18(29-25-16-21-8-4-2-6-19(21)14-23(25)10-12-27(29)31)30-26-17-22-9-5-3-7-20(22)15-24(26)11-13-28(30)32/h2-18H,31-32H2,1H3. The molecule has 4 N–H and O–H groups in total. The summed E-state index contributed by atoms with van der Waals surface area (Å²) in [6.45, 7) is 2.22. The van der Waals surface area contributed by atoms with E-state index in [4.69, 9.17) is 11.5 Å². The molecule has 0 saturated carbocycles. The molecule has 2 heteroatoms. The Bertz CT molecular complexity index is 1540. The summed E-state index contributed by atoms with van der Waals surface area (Å²) in [4.78, 5) is 0. The lowest BCUT2D eigenvalue weighted by molar-refractivity contribution is 0.951. The highest BCUT2D eigenvalue weighted by atomic mass is 14.6. The molecule has 0 aromatic heterocycles. The van der Waals surface area contributed by atoms with Gasteiger partial charge >= 0.3 is 0 Å². The smallest absolute Gasteiger partial charge is 0.0359 e. The van der Waals surface area contributed by atoms with Gasteiger partial charge in [-0.05, 0) is 90.6 Å². The summed E-state index contributed by atoms with van der Waals surface area (Å²) in [6, 6.07) is 34.3. The molecule has 32 heavy (non-hydrogen) atoms. The number of nitrogen functional groups attached to an aromatic ring is 2. The first-order chi connectivity index (χ1) is 15.6. The number of hydrogen-bond acceptors (Lipinski definition) is 2. The maximum Gasteiger partial charge on any atom is 0.0359 e. The van der Waals surface area contributed by atoms with Crippen LogP contribution in [0, 0.1) is 0 Å². The molecular formula is C30H24N2. The first-order valence-electron chi connectivity index (χ1n) is 11.0. The third kappa shape index (κ3) is 2.80. The summed E-state index contributed by atoms with van der Waals surface area (Å²) in [5, 5.41) is 9.68. The Morgan fingerprint density at radius 3 is 1.25 bits per heavy atom. The van der Waals surface area contributed by atoms with E-state index in [9.17, 15) is 0 Å². The number of anilines is 2. The maximum atomic E-state index is 6.61. The van der Waals surface area contributed by atoms with Crippen LogP contribution in [0.4, 0.5) is 11.4 Å². The van der Waals surface area contributed by atoms with Crippen LogP contribution in [0.2, 0.25) is 0 Å². The summed E-state index contributed by atoms with van der Waals surface area (Å²) >= 11 is 0. The second-order valence-corrected chi connectivity index (χ2v) is 8.70. The van der Waals surface area contributed by atoms with Crippen molar-refractivity contribution in [3.63, 3.8) is 0 Å². The maximum absolute atomic E-state index is 6.61. The van der Waals surface area contributed by atoms with Gasteiger partial charge in [0, 0.05) is 17.3 Å². The second kappa shape index (κ2) is 7.00. The average molecular weight is 413 g/mol. The van der Waals surface area contributed by atoms with Crippen molar-refractivity contribution in [2.24, 2.45) is 0 Å². The van der Waals surface area contributed by atoms with Crippen LogP contribution in [-0.4, -0.2) is 0 Å². The first-order valence-corrected chi connectivity index (χ1v) is 11.0. The number of hydrogen-bond donors (Lipinski definition) is 2. The van der Waals surface area contributed by atoms with Crippen molar-refractivity contribution in [1.29, 1.82) is 0 Å². The van der Waals surface area contributed by atoms with Crippen molar-refractivity contribution >= 4 is 54.5 Å². The molecular weight excluding hydrogens is 388 g/mol. The normalized spacial score (nSPS) is 11.8. The van der Waals surface area contributed by atoms with E-state index in [-0.39, 0.29) is 5.92 Å². The third-order valence-electron chi connectivity index (χ3n) is 6.79. The van der Waals surface area contributed by atoms with Crippen molar-refractivity contribution in [1.82, 2.24) is 0 Å². The highest BCUT2D eigenvalue weighted by Crippen LogP contribution is 2.42. The largest absolute Gasteiger partial charge is 0.398 e. The molecule has 0 fully saturated rings. The van der Waals surface area contributed by atoms with Gasteiger partial charge in [0.2, 0.25) is 0 Å². The lowest BCUT2D eigenvalue weighted by Crippen LogP contribution is -2.06. The van der Waals surface area contributed by atoms with Crippen LogP contribution < -0.4 is 11.5 Å². The van der Waals surface area contributed by atoms with E-state index in [1.54, 1.807) is 0 Å². The molecule has 0 bridgehead atoms. The molecule has 6 aromatic carbocycles. The first kappa shape index (κ1) is 18.7. The quantitative estimate of drug-likeness (QED) is 0.227. The van der Waals surface area contributed by atoms with E-state index in [0.29, 0.717) is 0 Å². The van der Waals surface area contributed by atoms with Crippen LogP contribution in [0.5, 0.6) is 0 Å². The molecule has 0 aliphatic carbocycles. The van der Waals surface area contributed by atoms with E-state index in [2.05, 4.69) is 91.9 Å². The van der Waals surface area contributed by atoms with Gasteiger partial charge in [0.1, 0.15) is 0 Å². The topological polar surface area (TPSA) is 52.0 Å². The number of rotatable bonds is 2. The van der Waals surface area contributed by atoms with Crippen molar-refractivity contribution in [3.8, 4) is 0 Å². The van der Waals surface area contributed by atoms with Crippen LogP contribution in [0.1, 0.15) is 24.0 Å². The lowest BCUT2D eigenvalue weighted by atomic mass is 9.83. The summed E-state index contributed by atoms with van der Waals surface area (Å²) < 4.78 is 0. The molecule has 0 saturated heterocycles. The SMILES string of the molecule is CC(c1c(N)ccc2cc3ccccc3cc12)c1c(N)ccc2cc3ccccc3cc12. The molecule has 2 nitrogen and oxygen atoms in total. The third-order valence-corrected chi connectivity index (χ3v) is 6.79. The molecule has 0 radical (unpaired) electrons. The van der Waals surface area contributed by atoms with Gasteiger partial charge in [0.05, 0.1) is 0 Å². The molecule has 0 heterocycles. The van der Waals surface area contributed by atoms with Crippen LogP contribution in [0.15, 0.2) is 97.1 Å². The fraction of sp³-hybridized carbons (Fsp3) is 0.0667. The van der Waals surface area contributed by atoms with Gasteiger partial charge in [-0.3, -0.25) is 0 Å². The summed E-state index contributed by atoms with van der Waals surface area (Å²) in [5.41, 5.74) is 17.1. The number of fused-ring (bicyclic) bond motifs is 4. The molecule has 0 spiro atoms. The van der Waals surface area contributed by atoms with Crippen LogP contribution >= 0.6 is 0 Å². The zero-order valence-electron chi connectivity index (χ0n) is 18.0. The zero-order chi connectivity index (χ0) is 21.8. The fourth-order valence-corrected chi connectivity index (χ4v) is 5.22. The summed E-state index contributed by atoms with van der Waals surface area (Å²) in [6.07, 6.45) is 0. The Hall–Kier alpha value is -4.04. The minimum absolute atomic E-state index is 0.0460. The average Bonchev–Trinajstić information content (AvgIpc) is 2.81. The van der Waals surface area contributed by atoms with E-state index in [0.717, 1.165) is 22.5 Å². The van der Waals surface area contributed by atoms with Gasteiger partial charge in [0.25, 0.3) is 0 Å². The van der Waals surface area contributed by atoms with Gasteiger partial charge < -0.3 is 11.5 Å². The van der Waals surface area contributed by atoms with Crippen LogP contribution in [-0.2, 0) is 0 Å². The fourth-order valence-electron chi connectivity index (χ4n) is 5.22. The molecule has 0 aliphatic heterocycles. The number of benzene rings is 6. The molecule has 6 aromatic rings. The predicted molar refractivity (Wildman–Crippen MR) is 139 cm³/mol. The molecule has 0 aliphatic rings. The molecule has 6 rings (SSSR count). The van der Waals surface area contributed by atoms with Crippen molar-refractivity contribution in [2.75, 3.05) is 11.5 Å². The Morgan fingerprint density at radius 1 is 0.469 bits per heavy atom. The van der Waals surface area contributed by atoms with E-state index < -0.39 is 0 Å². The lowest BCUT2D eigenvalue weighted by Gasteiger charge is -2.22. The Balaban J connectivity index is 1.66. The minimum Gasteiger partial charge on any atom is -0.398 e. The van der Waals surface area contributed by atoms with E-state index >= 15 is 0 Å². The Kier molecular flexibility index (Phi) is 4.09. The Labute approximate surface area is 187 Å². The van der Waals surface area contributed by atoms with Gasteiger partial charge in [-0.1, -0.05) is 67.6 Å². The zero-order valence-corrected chi connectivity index (χ0v) is 18.0. The van der Waals surface area contributed by atoms with E-state index in [1.807, 2.05) is 12.1 Å². The molecule has 0 atom stereocenters. The highest BCUT2D eigenvalue weighted by Gasteiger charge is 2.20. The minimum atomic E-state index is 0.0460. The van der Waals surface area contributed by atoms with E-state index in [1.165, 1.54) is 43.1 Å². The van der Waals surface area contributed by atoms with Gasteiger partial charge in [-0.2, -0.15) is 0 Å². The highest BCUT2D eigenvalue weighted by molar-refractivity contribution is 6.04. The van der Waals surface area contributed by atoms with Crippen molar-refractivity contribution in [2.45, 2.75) is 12.8 Å². The van der Waals surface area contributed by atoms with Gasteiger partial charge in [0.15, 0.2) is 0 Å². The van der Waals surface area contributed by atoms with Crippen molar-refractivity contribution in [3.05, 3.63) is 108 Å². The van der Waals surface area contributed by atoms with Crippen LogP contribution in [0.3, 0.4) is 0 Å². The predicted octanol–water partition coefficient (Wildman–Crippen LogP) is 7.62. The van der Waals surface area contributed by atoms with Crippen molar-refractivity contribution < 1.29 is 0 Å². The summed E-state index contributed by atoms with van der Waals surface area (Å²) in [7, 11) is 0. The molecule has 0 amide bonds. The van der Waals surface area contributed by atoms with Crippen LogP contribution in [0.25, 0.3) is 43.1 Å². The second-order valence-electron chi connectivity index (χ2n) is 8.70. The monoisotopic (exact) mass is 412 g/mol. The number of nitrogens with two attached hydrogens (primary N) is 2. The Morgan fingerprint density at radius 2 is 0.844 bits per heavy atom.